The van der Waals surface area contributed by atoms with Gasteiger partial charge in [-0.05, 0) is 32.1 Å². The third-order valence-electron chi connectivity index (χ3n) is 2.37. The molecule has 0 radical (unpaired) electrons. The molecular formula is C10H22O3. The first-order valence-corrected chi connectivity index (χ1v) is 5.16. The van der Waals surface area contributed by atoms with Gasteiger partial charge in [-0.25, -0.2) is 0 Å². The molecule has 0 aliphatic carbocycles. The molecule has 0 aliphatic rings. The van der Waals surface area contributed by atoms with Crippen LogP contribution in [0.15, 0.2) is 0 Å². The summed E-state index contributed by atoms with van der Waals surface area (Å²) in [5, 5.41) is 27.8. The van der Waals surface area contributed by atoms with Gasteiger partial charge in [-0.1, -0.05) is 13.8 Å². The lowest BCUT2D eigenvalue weighted by Gasteiger charge is -2.16. The van der Waals surface area contributed by atoms with Crippen molar-refractivity contribution in [3.05, 3.63) is 0 Å². The fourth-order valence-corrected chi connectivity index (χ4v) is 1.23. The lowest BCUT2D eigenvalue weighted by Crippen LogP contribution is -2.25. The lowest BCUT2D eigenvalue weighted by atomic mass is 10.0. The van der Waals surface area contributed by atoms with E-state index in [1.165, 1.54) is 0 Å². The maximum absolute atomic E-state index is 9.37. The van der Waals surface area contributed by atoms with Gasteiger partial charge < -0.3 is 15.3 Å². The van der Waals surface area contributed by atoms with Crippen LogP contribution in [0.25, 0.3) is 0 Å². The summed E-state index contributed by atoms with van der Waals surface area (Å²) in [5.41, 5.74) is 0. The Morgan fingerprint density at radius 1 is 0.846 bits per heavy atom. The molecule has 3 N–H and O–H groups in total. The average Bonchev–Trinajstić information content (AvgIpc) is 2.15. The van der Waals surface area contributed by atoms with E-state index in [1.807, 2.05) is 13.8 Å². The first-order chi connectivity index (χ1) is 6.11. The van der Waals surface area contributed by atoms with Crippen molar-refractivity contribution in [1.29, 1.82) is 0 Å². The van der Waals surface area contributed by atoms with Crippen LogP contribution in [0.2, 0.25) is 0 Å². The van der Waals surface area contributed by atoms with Crippen LogP contribution in [-0.2, 0) is 0 Å². The van der Waals surface area contributed by atoms with Crippen molar-refractivity contribution in [1.82, 2.24) is 0 Å². The fraction of sp³-hybridized carbons (Fsp3) is 1.00. The molecule has 0 saturated carbocycles. The summed E-state index contributed by atoms with van der Waals surface area (Å²) in [5.74, 6) is 0. The maximum Gasteiger partial charge on any atom is 0.0799 e. The Hall–Kier alpha value is -0.120. The average molecular weight is 190 g/mol. The van der Waals surface area contributed by atoms with E-state index >= 15 is 0 Å². The first kappa shape index (κ1) is 12.9. The second kappa shape index (κ2) is 7.30. The van der Waals surface area contributed by atoms with Gasteiger partial charge in [-0.2, -0.15) is 0 Å². The van der Waals surface area contributed by atoms with Crippen molar-refractivity contribution in [2.24, 2.45) is 0 Å². The van der Waals surface area contributed by atoms with Gasteiger partial charge in [0.25, 0.3) is 0 Å². The van der Waals surface area contributed by atoms with Crippen molar-refractivity contribution >= 4 is 0 Å². The van der Waals surface area contributed by atoms with Gasteiger partial charge in [-0.3, -0.25) is 0 Å². The first-order valence-electron chi connectivity index (χ1n) is 5.16. The molecule has 0 rings (SSSR count). The van der Waals surface area contributed by atoms with Crippen LogP contribution in [0.5, 0.6) is 0 Å². The third kappa shape index (κ3) is 6.02. The maximum atomic E-state index is 9.37. The van der Waals surface area contributed by atoms with E-state index in [-0.39, 0.29) is 6.10 Å². The van der Waals surface area contributed by atoms with Crippen LogP contribution in [0, 0.1) is 0 Å². The van der Waals surface area contributed by atoms with Crippen molar-refractivity contribution in [2.45, 2.75) is 64.3 Å². The number of hydrogen-bond donors (Lipinski definition) is 3. The van der Waals surface area contributed by atoms with Gasteiger partial charge in [0.2, 0.25) is 0 Å². The molecule has 0 aliphatic heterocycles. The standard InChI is InChI=1S/C10H22O3/c1-3-8(11)6-5-7-10(13)9(12)4-2/h8-13H,3-7H2,1-2H3. The molecule has 80 valence electrons. The number of hydrogen-bond acceptors (Lipinski definition) is 3. The Balaban J connectivity index is 3.41. The van der Waals surface area contributed by atoms with Crippen molar-refractivity contribution in [2.75, 3.05) is 0 Å². The minimum absolute atomic E-state index is 0.258. The molecule has 0 bridgehead atoms. The molecule has 3 atom stereocenters. The minimum Gasteiger partial charge on any atom is -0.393 e. The third-order valence-corrected chi connectivity index (χ3v) is 2.37. The van der Waals surface area contributed by atoms with Crippen LogP contribution in [-0.4, -0.2) is 33.6 Å². The van der Waals surface area contributed by atoms with E-state index in [0.717, 1.165) is 12.8 Å². The van der Waals surface area contributed by atoms with Crippen molar-refractivity contribution in [3.63, 3.8) is 0 Å². The Morgan fingerprint density at radius 3 is 1.92 bits per heavy atom. The molecule has 0 saturated heterocycles. The molecule has 0 spiro atoms. The topological polar surface area (TPSA) is 60.7 Å². The Bertz CT molecular complexity index is 117. The molecule has 0 fully saturated rings. The monoisotopic (exact) mass is 190 g/mol. The molecule has 0 aromatic rings. The molecule has 0 aromatic carbocycles. The highest BCUT2D eigenvalue weighted by Crippen LogP contribution is 2.10. The normalized spacial score (nSPS) is 18.2. The lowest BCUT2D eigenvalue weighted by molar-refractivity contribution is 0.00934. The van der Waals surface area contributed by atoms with Crippen molar-refractivity contribution in [3.8, 4) is 0 Å². The molecule has 13 heavy (non-hydrogen) atoms. The van der Waals surface area contributed by atoms with Gasteiger partial charge in [0.15, 0.2) is 0 Å². The molecule has 3 unspecified atom stereocenters. The molecule has 0 amide bonds. The van der Waals surface area contributed by atoms with E-state index < -0.39 is 12.2 Å². The van der Waals surface area contributed by atoms with Crippen LogP contribution >= 0.6 is 0 Å². The smallest absolute Gasteiger partial charge is 0.0799 e. The minimum atomic E-state index is -0.631. The zero-order valence-corrected chi connectivity index (χ0v) is 8.61. The highest BCUT2D eigenvalue weighted by molar-refractivity contribution is 4.66. The number of aliphatic hydroxyl groups excluding tert-OH is 3. The zero-order valence-electron chi connectivity index (χ0n) is 8.61. The summed E-state index contributed by atoms with van der Waals surface area (Å²) in [4.78, 5) is 0. The van der Waals surface area contributed by atoms with E-state index in [9.17, 15) is 15.3 Å². The van der Waals surface area contributed by atoms with E-state index in [4.69, 9.17) is 0 Å². The summed E-state index contributed by atoms with van der Waals surface area (Å²) < 4.78 is 0. The number of rotatable bonds is 7. The predicted molar refractivity (Wildman–Crippen MR) is 52.5 cm³/mol. The second-order valence-corrected chi connectivity index (χ2v) is 3.54. The summed E-state index contributed by atoms with van der Waals surface area (Å²) in [6.45, 7) is 3.77. The van der Waals surface area contributed by atoms with E-state index in [1.54, 1.807) is 0 Å². The van der Waals surface area contributed by atoms with Gasteiger partial charge in [0.1, 0.15) is 0 Å². The molecular weight excluding hydrogens is 168 g/mol. The van der Waals surface area contributed by atoms with E-state index in [0.29, 0.717) is 19.3 Å². The van der Waals surface area contributed by atoms with Crippen molar-refractivity contribution < 1.29 is 15.3 Å². The summed E-state index contributed by atoms with van der Waals surface area (Å²) in [6, 6.07) is 0. The van der Waals surface area contributed by atoms with Gasteiger partial charge in [0, 0.05) is 0 Å². The Morgan fingerprint density at radius 2 is 1.46 bits per heavy atom. The fourth-order valence-electron chi connectivity index (χ4n) is 1.23. The highest BCUT2D eigenvalue weighted by atomic mass is 16.3. The summed E-state index contributed by atoms with van der Waals surface area (Å²) in [7, 11) is 0. The second-order valence-electron chi connectivity index (χ2n) is 3.54. The van der Waals surface area contributed by atoms with Crippen LogP contribution in [0.3, 0.4) is 0 Å². The predicted octanol–water partition coefficient (Wildman–Crippen LogP) is 1.06. The molecule has 0 heterocycles. The molecule has 0 aromatic heterocycles. The summed E-state index contributed by atoms with van der Waals surface area (Å²) in [6.07, 6.45) is 1.89. The molecule has 3 heteroatoms. The van der Waals surface area contributed by atoms with E-state index in [2.05, 4.69) is 0 Å². The largest absolute Gasteiger partial charge is 0.393 e. The highest BCUT2D eigenvalue weighted by Gasteiger charge is 2.13. The SMILES string of the molecule is CCC(O)CCCC(O)C(O)CC. The van der Waals surface area contributed by atoms with Crippen LogP contribution < -0.4 is 0 Å². The van der Waals surface area contributed by atoms with Crippen LogP contribution in [0.1, 0.15) is 46.0 Å². The summed E-state index contributed by atoms with van der Waals surface area (Å²) >= 11 is 0. The molecule has 3 nitrogen and oxygen atoms in total. The van der Waals surface area contributed by atoms with Gasteiger partial charge in [-0.15, -0.1) is 0 Å². The van der Waals surface area contributed by atoms with Gasteiger partial charge >= 0.3 is 0 Å². The Labute approximate surface area is 80.4 Å². The Kier molecular flexibility index (Phi) is 7.23. The van der Waals surface area contributed by atoms with Gasteiger partial charge in [0.05, 0.1) is 18.3 Å². The quantitative estimate of drug-likeness (QED) is 0.562. The van der Waals surface area contributed by atoms with Crippen LogP contribution in [0.4, 0.5) is 0 Å². The number of aliphatic hydroxyl groups is 3. The zero-order chi connectivity index (χ0) is 10.3.